The van der Waals surface area contributed by atoms with Crippen LogP contribution in [0, 0.1) is 11.3 Å². The number of carbonyl (C=O) groups is 1. The van der Waals surface area contributed by atoms with E-state index >= 15 is 0 Å². The highest BCUT2D eigenvalue weighted by Gasteiger charge is 2.27. The first-order valence-electron chi connectivity index (χ1n) is 8.68. The summed E-state index contributed by atoms with van der Waals surface area (Å²) in [7, 11) is 1.78. The Hall–Kier alpha value is -1.26. The second-order valence-corrected chi connectivity index (χ2v) is 6.94. The molecule has 0 aliphatic heterocycles. The number of nitrogens with one attached hydrogen (secondary N) is 3. The first-order valence-corrected chi connectivity index (χ1v) is 8.68. The van der Waals surface area contributed by atoms with Crippen LogP contribution in [0.25, 0.3) is 0 Å². The van der Waals surface area contributed by atoms with Gasteiger partial charge in [-0.2, -0.15) is 0 Å². The van der Waals surface area contributed by atoms with Crippen LogP contribution < -0.4 is 16.0 Å². The third kappa shape index (κ3) is 5.85. The highest BCUT2D eigenvalue weighted by atomic mass is 16.2. The molecule has 0 atom stereocenters. The van der Waals surface area contributed by atoms with Gasteiger partial charge >= 0.3 is 0 Å². The molecule has 1 aliphatic rings. The number of amides is 1. The summed E-state index contributed by atoms with van der Waals surface area (Å²) in [5.41, 5.74) is -0.451. The van der Waals surface area contributed by atoms with Gasteiger partial charge in [0.1, 0.15) is 0 Å². The van der Waals surface area contributed by atoms with Crippen molar-refractivity contribution in [2.75, 3.05) is 20.1 Å². The average molecular weight is 310 g/mol. The fourth-order valence-electron chi connectivity index (χ4n) is 2.89. The normalized spacial score (nSPS) is 23.0. The quantitative estimate of drug-likeness (QED) is 0.521. The van der Waals surface area contributed by atoms with E-state index in [-0.39, 0.29) is 5.91 Å². The molecule has 128 valence electrons. The Balaban J connectivity index is 2.41. The zero-order chi connectivity index (χ0) is 16.6. The van der Waals surface area contributed by atoms with Crippen LogP contribution in [0.15, 0.2) is 4.99 Å². The monoisotopic (exact) mass is 310 g/mol. The summed E-state index contributed by atoms with van der Waals surface area (Å²) in [6, 6.07) is 0.501. The summed E-state index contributed by atoms with van der Waals surface area (Å²) in [5.74, 6) is 1.77. The Morgan fingerprint density at radius 1 is 1.14 bits per heavy atom. The molecule has 0 aromatic carbocycles. The number of rotatable bonds is 6. The zero-order valence-corrected chi connectivity index (χ0v) is 15.0. The maximum Gasteiger partial charge on any atom is 0.227 e. The zero-order valence-electron chi connectivity index (χ0n) is 15.0. The van der Waals surface area contributed by atoms with E-state index in [1.54, 1.807) is 7.05 Å². The highest BCUT2D eigenvalue weighted by molar-refractivity contribution is 5.84. The Morgan fingerprint density at radius 2 is 1.77 bits per heavy atom. The third-order valence-electron chi connectivity index (χ3n) is 4.64. The second kappa shape index (κ2) is 9.01. The third-order valence-corrected chi connectivity index (χ3v) is 4.64. The maximum atomic E-state index is 12.0. The van der Waals surface area contributed by atoms with Crippen LogP contribution in [0.5, 0.6) is 0 Å². The molecule has 1 fully saturated rings. The minimum Gasteiger partial charge on any atom is -0.356 e. The van der Waals surface area contributed by atoms with E-state index in [0.717, 1.165) is 11.9 Å². The van der Waals surface area contributed by atoms with E-state index in [2.05, 4.69) is 27.9 Å². The Kier molecular flexibility index (Phi) is 7.69. The molecule has 22 heavy (non-hydrogen) atoms. The molecule has 5 heteroatoms. The van der Waals surface area contributed by atoms with Crippen LogP contribution in [-0.2, 0) is 4.79 Å². The van der Waals surface area contributed by atoms with Crippen molar-refractivity contribution in [1.29, 1.82) is 0 Å². The molecule has 0 spiro atoms. The van der Waals surface area contributed by atoms with E-state index in [9.17, 15) is 4.79 Å². The number of aliphatic imine (C=N–C) groups is 1. The fraction of sp³-hybridized carbons (Fsp3) is 0.882. The molecular weight excluding hydrogens is 276 g/mol. The molecule has 1 rings (SSSR count). The van der Waals surface area contributed by atoms with Crippen LogP contribution in [0.1, 0.15) is 59.8 Å². The Labute approximate surface area is 135 Å². The van der Waals surface area contributed by atoms with Gasteiger partial charge in [-0.05, 0) is 52.4 Å². The molecular formula is C17H34N4O. The predicted octanol–water partition coefficient (Wildman–Crippen LogP) is 2.28. The minimum atomic E-state index is -0.451. The molecule has 0 bridgehead atoms. The van der Waals surface area contributed by atoms with E-state index in [0.29, 0.717) is 19.1 Å². The predicted molar refractivity (Wildman–Crippen MR) is 93.0 cm³/mol. The van der Waals surface area contributed by atoms with Gasteiger partial charge in [0, 0.05) is 26.2 Å². The molecule has 0 radical (unpaired) electrons. The molecule has 0 saturated heterocycles. The van der Waals surface area contributed by atoms with Crippen molar-refractivity contribution in [1.82, 2.24) is 16.0 Å². The van der Waals surface area contributed by atoms with Gasteiger partial charge in [0.25, 0.3) is 0 Å². The number of guanidine groups is 1. The second-order valence-electron chi connectivity index (χ2n) is 6.94. The first-order chi connectivity index (χ1) is 10.4. The fourth-order valence-corrected chi connectivity index (χ4v) is 2.89. The number of hydrogen-bond acceptors (Lipinski definition) is 2. The topological polar surface area (TPSA) is 65.5 Å². The van der Waals surface area contributed by atoms with Crippen LogP contribution >= 0.6 is 0 Å². The van der Waals surface area contributed by atoms with Crippen molar-refractivity contribution < 1.29 is 4.79 Å². The van der Waals surface area contributed by atoms with Crippen LogP contribution in [-0.4, -0.2) is 38.0 Å². The first kappa shape index (κ1) is 18.8. The molecule has 3 N–H and O–H groups in total. The lowest BCUT2D eigenvalue weighted by atomic mass is 9.84. The van der Waals surface area contributed by atoms with Crippen LogP contribution in [0.4, 0.5) is 0 Å². The molecule has 0 aromatic rings. The van der Waals surface area contributed by atoms with Crippen molar-refractivity contribution in [2.24, 2.45) is 16.3 Å². The number of hydrogen-bond donors (Lipinski definition) is 3. The lowest BCUT2D eigenvalue weighted by molar-refractivity contribution is -0.128. The summed E-state index contributed by atoms with van der Waals surface area (Å²) >= 11 is 0. The van der Waals surface area contributed by atoms with Crippen LogP contribution in [0.2, 0.25) is 0 Å². The molecule has 1 amide bonds. The standard InChI is InChI=1S/C17H34N4O/c1-6-13-8-10-14(11-9-13)21-16(18-5)20-12-17(3,4)15(22)19-7-2/h13-14H,6-12H2,1-5H3,(H,19,22)(H2,18,20,21). The van der Waals surface area contributed by atoms with E-state index in [4.69, 9.17) is 0 Å². The SMILES string of the molecule is CCNC(=O)C(C)(C)CNC(=NC)NC1CCC(CC)CC1. The van der Waals surface area contributed by atoms with Gasteiger partial charge in [-0.15, -0.1) is 0 Å². The van der Waals surface area contributed by atoms with Crippen molar-refractivity contribution in [3.63, 3.8) is 0 Å². The van der Waals surface area contributed by atoms with Gasteiger partial charge in [0.05, 0.1) is 5.41 Å². The lowest BCUT2D eigenvalue weighted by Gasteiger charge is -2.30. The molecule has 0 aromatic heterocycles. The summed E-state index contributed by atoms with van der Waals surface area (Å²) in [6.07, 6.45) is 6.31. The summed E-state index contributed by atoms with van der Waals surface area (Å²) in [6.45, 7) is 9.35. The van der Waals surface area contributed by atoms with Crippen LogP contribution in [0.3, 0.4) is 0 Å². The van der Waals surface area contributed by atoms with Gasteiger partial charge in [-0.25, -0.2) is 0 Å². The summed E-state index contributed by atoms with van der Waals surface area (Å²) in [5, 5.41) is 9.68. The Morgan fingerprint density at radius 3 is 2.27 bits per heavy atom. The number of carbonyl (C=O) groups excluding carboxylic acids is 1. The van der Waals surface area contributed by atoms with Gasteiger partial charge in [0.2, 0.25) is 5.91 Å². The van der Waals surface area contributed by atoms with Gasteiger partial charge in [-0.3, -0.25) is 9.79 Å². The summed E-state index contributed by atoms with van der Waals surface area (Å²) in [4.78, 5) is 16.3. The highest BCUT2D eigenvalue weighted by Crippen LogP contribution is 2.26. The molecule has 1 aliphatic carbocycles. The molecule has 0 unspecified atom stereocenters. The molecule has 0 heterocycles. The van der Waals surface area contributed by atoms with Crippen molar-refractivity contribution >= 4 is 11.9 Å². The van der Waals surface area contributed by atoms with Crippen molar-refractivity contribution in [2.45, 2.75) is 65.8 Å². The lowest BCUT2D eigenvalue weighted by Crippen LogP contribution is -2.50. The van der Waals surface area contributed by atoms with Gasteiger partial charge in [-0.1, -0.05) is 13.3 Å². The molecule has 1 saturated carbocycles. The van der Waals surface area contributed by atoms with Gasteiger partial charge in [0.15, 0.2) is 5.96 Å². The van der Waals surface area contributed by atoms with E-state index in [1.165, 1.54) is 32.1 Å². The summed E-state index contributed by atoms with van der Waals surface area (Å²) < 4.78 is 0. The van der Waals surface area contributed by atoms with E-state index < -0.39 is 5.41 Å². The largest absolute Gasteiger partial charge is 0.356 e. The average Bonchev–Trinajstić information content (AvgIpc) is 2.52. The number of nitrogens with zero attached hydrogens (tertiary/aromatic N) is 1. The Bertz CT molecular complexity index is 371. The van der Waals surface area contributed by atoms with Gasteiger partial charge < -0.3 is 16.0 Å². The molecule has 5 nitrogen and oxygen atoms in total. The van der Waals surface area contributed by atoms with E-state index in [1.807, 2.05) is 20.8 Å². The van der Waals surface area contributed by atoms with Crippen molar-refractivity contribution in [3.8, 4) is 0 Å². The minimum absolute atomic E-state index is 0.0707. The smallest absolute Gasteiger partial charge is 0.227 e. The maximum absolute atomic E-state index is 12.0. The van der Waals surface area contributed by atoms with Crippen molar-refractivity contribution in [3.05, 3.63) is 0 Å².